The van der Waals surface area contributed by atoms with Crippen LogP contribution >= 0.6 is 0 Å². The third-order valence-corrected chi connectivity index (χ3v) is 4.50. The number of nitrogens with one attached hydrogen (secondary N) is 1. The molecule has 3 N–H and O–H groups in total. The van der Waals surface area contributed by atoms with Gasteiger partial charge in [0.15, 0.2) is 0 Å². The normalized spacial score (nSPS) is 20.5. The SMILES string of the molecule is CNCC(=Cc1ccc(CN)cc1)B1OC(C)(C)C(C)(C)O1. The lowest BCUT2D eigenvalue weighted by molar-refractivity contribution is 0.00578. The summed E-state index contributed by atoms with van der Waals surface area (Å²) in [5.41, 5.74) is 8.33. The van der Waals surface area contributed by atoms with Gasteiger partial charge in [0.1, 0.15) is 0 Å². The second kappa shape index (κ2) is 6.55. The van der Waals surface area contributed by atoms with Gasteiger partial charge in [0, 0.05) is 13.1 Å². The number of hydrogen-bond donors (Lipinski definition) is 2. The van der Waals surface area contributed by atoms with Crippen molar-refractivity contribution < 1.29 is 9.31 Å². The molecule has 1 aliphatic rings. The quantitative estimate of drug-likeness (QED) is 0.820. The van der Waals surface area contributed by atoms with Gasteiger partial charge < -0.3 is 20.4 Å². The molecule has 0 atom stereocenters. The van der Waals surface area contributed by atoms with E-state index in [1.165, 1.54) is 0 Å². The van der Waals surface area contributed by atoms with Crippen LogP contribution in [0.25, 0.3) is 6.08 Å². The van der Waals surface area contributed by atoms with Gasteiger partial charge in [0.25, 0.3) is 0 Å². The van der Waals surface area contributed by atoms with Crippen molar-refractivity contribution in [1.82, 2.24) is 5.32 Å². The molecule has 0 spiro atoms. The standard InChI is InChI=1S/C17H27BN2O2/c1-16(2)17(3,4)22-18(21-16)15(12-20-5)10-13-6-8-14(11-19)9-7-13/h6-10,20H,11-12,19H2,1-5H3. The molecule has 0 radical (unpaired) electrons. The maximum Gasteiger partial charge on any atom is 0.491 e. The molecule has 0 aromatic heterocycles. The largest absolute Gasteiger partial charge is 0.491 e. The molecule has 0 saturated carbocycles. The second-order valence-corrected chi connectivity index (χ2v) is 6.78. The van der Waals surface area contributed by atoms with Crippen LogP contribution in [0.5, 0.6) is 0 Å². The van der Waals surface area contributed by atoms with E-state index in [-0.39, 0.29) is 18.3 Å². The van der Waals surface area contributed by atoms with E-state index in [1.807, 2.05) is 19.2 Å². The minimum absolute atomic E-state index is 0.325. The average Bonchev–Trinajstić information content (AvgIpc) is 2.68. The van der Waals surface area contributed by atoms with Crippen molar-refractivity contribution in [3.05, 3.63) is 40.9 Å². The Morgan fingerprint density at radius 2 is 1.68 bits per heavy atom. The Morgan fingerprint density at radius 3 is 2.14 bits per heavy atom. The van der Waals surface area contributed by atoms with Crippen molar-refractivity contribution in [1.29, 1.82) is 0 Å². The van der Waals surface area contributed by atoms with E-state index < -0.39 is 0 Å². The third-order valence-electron chi connectivity index (χ3n) is 4.50. The molecular formula is C17H27BN2O2. The summed E-state index contributed by atoms with van der Waals surface area (Å²) >= 11 is 0. The summed E-state index contributed by atoms with van der Waals surface area (Å²) in [6.07, 6.45) is 2.12. The lowest BCUT2D eigenvalue weighted by Gasteiger charge is -2.32. The highest BCUT2D eigenvalue weighted by molar-refractivity contribution is 6.55. The molecule has 0 aliphatic carbocycles. The molecular weight excluding hydrogens is 275 g/mol. The van der Waals surface area contributed by atoms with Crippen molar-refractivity contribution in [3.8, 4) is 0 Å². The molecule has 0 bridgehead atoms. The molecule has 22 heavy (non-hydrogen) atoms. The highest BCUT2D eigenvalue weighted by Gasteiger charge is 2.52. The summed E-state index contributed by atoms with van der Waals surface area (Å²) in [5.74, 6) is 0. The summed E-state index contributed by atoms with van der Waals surface area (Å²) in [5, 5.41) is 3.19. The van der Waals surface area contributed by atoms with Crippen LogP contribution in [0.1, 0.15) is 38.8 Å². The second-order valence-electron chi connectivity index (χ2n) is 6.78. The van der Waals surface area contributed by atoms with Crippen LogP contribution < -0.4 is 11.1 Å². The first-order chi connectivity index (χ1) is 10.3. The van der Waals surface area contributed by atoms with Crippen molar-refractivity contribution in [3.63, 3.8) is 0 Å². The van der Waals surface area contributed by atoms with Gasteiger partial charge in [0.2, 0.25) is 0 Å². The van der Waals surface area contributed by atoms with Crippen molar-refractivity contribution >= 4 is 13.2 Å². The van der Waals surface area contributed by atoms with Crippen LogP contribution in [0.4, 0.5) is 0 Å². The molecule has 0 unspecified atom stereocenters. The van der Waals surface area contributed by atoms with Crippen LogP contribution in [0, 0.1) is 0 Å². The lowest BCUT2D eigenvalue weighted by atomic mass is 9.77. The lowest BCUT2D eigenvalue weighted by Crippen LogP contribution is -2.41. The number of likely N-dealkylation sites (N-methyl/N-ethyl adjacent to an activating group) is 1. The van der Waals surface area contributed by atoms with E-state index in [0.717, 1.165) is 23.1 Å². The Kier molecular flexibility index (Phi) is 5.12. The first-order valence-corrected chi connectivity index (χ1v) is 7.79. The average molecular weight is 302 g/mol. The summed E-state index contributed by atoms with van der Waals surface area (Å²) in [6, 6.07) is 8.24. The molecule has 1 aromatic carbocycles. The molecule has 1 aliphatic heterocycles. The smallest absolute Gasteiger partial charge is 0.400 e. The van der Waals surface area contributed by atoms with Crippen molar-refractivity contribution in [2.45, 2.75) is 45.4 Å². The number of nitrogens with two attached hydrogens (primary N) is 1. The Labute approximate surface area is 134 Å². The minimum Gasteiger partial charge on any atom is -0.400 e. The van der Waals surface area contributed by atoms with Gasteiger partial charge in [-0.25, -0.2) is 0 Å². The highest BCUT2D eigenvalue weighted by Crippen LogP contribution is 2.38. The molecule has 5 heteroatoms. The Bertz CT molecular complexity index is 522. The van der Waals surface area contributed by atoms with Gasteiger partial charge in [-0.15, -0.1) is 0 Å². The first-order valence-electron chi connectivity index (χ1n) is 7.79. The van der Waals surface area contributed by atoms with E-state index in [4.69, 9.17) is 15.0 Å². The van der Waals surface area contributed by atoms with E-state index >= 15 is 0 Å². The zero-order valence-electron chi connectivity index (χ0n) is 14.3. The molecule has 1 saturated heterocycles. The molecule has 4 nitrogen and oxygen atoms in total. The molecule has 0 amide bonds. The Hall–Kier alpha value is -1.14. The maximum atomic E-state index is 6.15. The summed E-state index contributed by atoms with van der Waals surface area (Å²) < 4.78 is 12.3. The fourth-order valence-corrected chi connectivity index (χ4v) is 2.36. The minimum atomic E-state index is -0.327. The summed E-state index contributed by atoms with van der Waals surface area (Å²) in [4.78, 5) is 0. The molecule has 1 aromatic rings. The van der Waals surface area contributed by atoms with E-state index in [0.29, 0.717) is 6.54 Å². The molecule has 1 fully saturated rings. The van der Waals surface area contributed by atoms with Crippen LogP contribution in [0.15, 0.2) is 29.7 Å². The monoisotopic (exact) mass is 302 g/mol. The van der Waals surface area contributed by atoms with Gasteiger partial charge in [-0.1, -0.05) is 30.3 Å². The topological polar surface area (TPSA) is 56.5 Å². The fraction of sp³-hybridized carbons (Fsp3) is 0.529. The van der Waals surface area contributed by atoms with Crippen LogP contribution in [-0.2, 0) is 15.9 Å². The van der Waals surface area contributed by atoms with E-state index in [1.54, 1.807) is 0 Å². The van der Waals surface area contributed by atoms with Crippen molar-refractivity contribution in [2.75, 3.05) is 13.6 Å². The predicted octanol–water partition coefficient (Wildman–Crippen LogP) is 2.38. The van der Waals surface area contributed by atoms with Crippen LogP contribution in [0.3, 0.4) is 0 Å². The Morgan fingerprint density at radius 1 is 1.14 bits per heavy atom. The van der Waals surface area contributed by atoms with Gasteiger partial charge in [-0.2, -0.15) is 0 Å². The third kappa shape index (κ3) is 3.61. The molecule has 1 heterocycles. The number of benzene rings is 1. The van der Waals surface area contributed by atoms with Gasteiger partial charge in [0.05, 0.1) is 11.2 Å². The molecule has 120 valence electrons. The Balaban J connectivity index is 2.24. The van der Waals surface area contributed by atoms with E-state index in [9.17, 15) is 0 Å². The number of hydrogen-bond acceptors (Lipinski definition) is 4. The highest BCUT2D eigenvalue weighted by atomic mass is 16.7. The van der Waals surface area contributed by atoms with Crippen molar-refractivity contribution in [2.24, 2.45) is 5.73 Å². The first kappa shape index (κ1) is 17.2. The van der Waals surface area contributed by atoms with Crippen LogP contribution in [-0.4, -0.2) is 31.9 Å². The van der Waals surface area contributed by atoms with Gasteiger partial charge in [-0.05, 0) is 51.3 Å². The zero-order valence-corrected chi connectivity index (χ0v) is 14.3. The van der Waals surface area contributed by atoms with E-state index in [2.05, 4.69) is 51.2 Å². The molecule has 2 rings (SSSR count). The zero-order chi connectivity index (χ0) is 16.4. The van der Waals surface area contributed by atoms with Gasteiger partial charge >= 0.3 is 7.12 Å². The maximum absolute atomic E-state index is 6.15. The predicted molar refractivity (Wildman–Crippen MR) is 92.3 cm³/mol. The van der Waals surface area contributed by atoms with Crippen LogP contribution in [0.2, 0.25) is 0 Å². The summed E-state index contributed by atoms with van der Waals surface area (Å²) in [6.45, 7) is 9.56. The summed E-state index contributed by atoms with van der Waals surface area (Å²) in [7, 11) is 1.60. The fourth-order valence-electron chi connectivity index (χ4n) is 2.36. The number of rotatable bonds is 5. The van der Waals surface area contributed by atoms with Gasteiger partial charge in [-0.3, -0.25) is 0 Å².